The maximum absolute atomic E-state index is 12.4. The van der Waals surface area contributed by atoms with Crippen LogP contribution < -0.4 is 5.32 Å². The number of rotatable bonds is 5. The molecule has 134 valence electrons. The van der Waals surface area contributed by atoms with E-state index in [0.29, 0.717) is 23.7 Å². The van der Waals surface area contributed by atoms with Gasteiger partial charge in [-0.1, -0.05) is 54.1 Å². The van der Waals surface area contributed by atoms with Gasteiger partial charge >= 0.3 is 0 Å². The predicted molar refractivity (Wildman–Crippen MR) is 108 cm³/mol. The molecule has 0 aliphatic heterocycles. The molecule has 1 aromatic heterocycles. The topological polar surface area (TPSA) is 46.9 Å². The van der Waals surface area contributed by atoms with Crippen molar-refractivity contribution in [3.8, 4) is 0 Å². The van der Waals surface area contributed by atoms with Gasteiger partial charge in [-0.25, -0.2) is 4.98 Å². The van der Waals surface area contributed by atoms with E-state index in [1.54, 1.807) is 12.1 Å². The SMILES string of the molecule is O=C(NCc1nc2ccccc2n1Cc1cccc(Cl)c1)c1ccccc1. The number of carbonyl (C=O) groups excluding carboxylic acids is 1. The van der Waals surface area contributed by atoms with Crippen LogP contribution in [0.3, 0.4) is 0 Å². The first kappa shape index (κ1) is 17.3. The van der Waals surface area contributed by atoms with E-state index in [-0.39, 0.29) is 5.91 Å². The summed E-state index contributed by atoms with van der Waals surface area (Å²) >= 11 is 6.13. The number of para-hydroxylation sites is 2. The van der Waals surface area contributed by atoms with Crippen molar-refractivity contribution in [2.75, 3.05) is 0 Å². The normalized spacial score (nSPS) is 10.9. The van der Waals surface area contributed by atoms with Crippen molar-refractivity contribution in [1.82, 2.24) is 14.9 Å². The first-order chi connectivity index (χ1) is 13.2. The minimum Gasteiger partial charge on any atom is -0.345 e. The van der Waals surface area contributed by atoms with E-state index in [9.17, 15) is 4.79 Å². The van der Waals surface area contributed by atoms with Crippen molar-refractivity contribution in [3.63, 3.8) is 0 Å². The third-order valence-corrected chi connectivity index (χ3v) is 4.64. The number of halogens is 1. The number of aromatic nitrogens is 2. The van der Waals surface area contributed by atoms with Crippen molar-refractivity contribution in [2.45, 2.75) is 13.1 Å². The van der Waals surface area contributed by atoms with Crippen LogP contribution in [0.15, 0.2) is 78.9 Å². The number of amides is 1. The van der Waals surface area contributed by atoms with Crippen molar-refractivity contribution >= 4 is 28.5 Å². The van der Waals surface area contributed by atoms with Crippen molar-refractivity contribution < 1.29 is 4.79 Å². The van der Waals surface area contributed by atoms with Gasteiger partial charge in [-0.3, -0.25) is 4.79 Å². The quantitative estimate of drug-likeness (QED) is 0.551. The highest BCUT2D eigenvalue weighted by molar-refractivity contribution is 6.30. The largest absolute Gasteiger partial charge is 0.345 e. The van der Waals surface area contributed by atoms with Crippen LogP contribution in [0.2, 0.25) is 5.02 Å². The Morgan fingerprint density at radius 1 is 0.963 bits per heavy atom. The van der Waals surface area contributed by atoms with E-state index in [2.05, 4.69) is 9.88 Å². The minimum atomic E-state index is -0.114. The fraction of sp³-hybridized carbons (Fsp3) is 0.0909. The number of carbonyl (C=O) groups is 1. The fourth-order valence-corrected chi connectivity index (χ4v) is 3.32. The van der Waals surface area contributed by atoms with Gasteiger partial charge < -0.3 is 9.88 Å². The number of nitrogens with one attached hydrogen (secondary N) is 1. The van der Waals surface area contributed by atoms with E-state index >= 15 is 0 Å². The Bertz CT molecular complexity index is 1090. The van der Waals surface area contributed by atoms with E-state index in [0.717, 1.165) is 22.4 Å². The summed E-state index contributed by atoms with van der Waals surface area (Å²) in [7, 11) is 0. The molecule has 0 fully saturated rings. The third kappa shape index (κ3) is 3.86. The number of hydrogen-bond donors (Lipinski definition) is 1. The molecule has 1 heterocycles. The monoisotopic (exact) mass is 375 g/mol. The number of imidazole rings is 1. The smallest absolute Gasteiger partial charge is 0.251 e. The summed E-state index contributed by atoms with van der Waals surface area (Å²) in [6.45, 7) is 0.987. The molecule has 27 heavy (non-hydrogen) atoms. The molecule has 0 saturated carbocycles. The van der Waals surface area contributed by atoms with Crippen LogP contribution in [-0.2, 0) is 13.1 Å². The summed E-state index contributed by atoms with van der Waals surface area (Å²) in [5, 5.41) is 3.67. The lowest BCUT2D eigenvalue weighted by molar-refractivity contribution is 0.0949. The summed E-state index contributed by atoms with van der Waals surface area (Å²) in [4.78, 5) is 17.1. The lowest BCUT2D eigenvalue weighted by Gasteiger charge is -2.11. The number of fused-ring (bicyclic) bond motifs is 1. The van der Waals surface area contributed by atoms with Crippen LogP contribution in [0.1, 0.15) is 21.7 Å². The minimum absolute atomic E-state index is 0.114. The second-order valence-corrected chi connectivity index (χ2v) is 6.72. The van der Waals surface area contributed by atoms with Crippen molar-refractivity contribution in [3.05, 3.63) is 101 Å². The van der Waals surface area contributed by atoms with Gasteiger partial charge in [0.2, 0.25) is 0 Å². The zero-order valence-corrected chi connectivity index (χ0v) is 15.4. The molecule has 0 unspecified atom stereocenters. The van der Waals surface area contributed by atoms with Crippen LogP contribution in [0, 0.1) is 0 Å². The van der Waals surface area contributed by atoms with Crippen LogP contribution in [0.5, 0.6) is 0 Å². The van der Waals surface area contributed by atoms with E-state index in [4.69, 9.17) is 16.6 Å². The summed E-state index contributed by atoms with van der Waals surface area (Å²) < 4.78 is 2.12. The molecule has 0 spiro atoms. The number of hydrogen-bond acceptors (Lipinski definition) is 2. The van der Waals surface area contributed by atoms with Crippen LogP contribution in [0.25, 0.3) is 11.0 Å². The Morgan fingerprint density at radius 3 is 2.56 bits per heavy atom. The molecule has 0 aliphatic carbocycles. The average Bonchev–Trinajstić information content (AvgIpc) is 3.04. The first-order valence-corrected chi connectivity index (χ1v) is 9.10. The van der Waals surface area contributed by atoms with Gasteiger partial charge in [0.05, 0.1) is 17.6 Å². The van der Waals surface area contributed by atoms with Gasteiger partial charge in [-0.05, 0) is 42.0 Å². The molecular formula is C22H18ClN3O. The standard InChI is InChI=1S/C22H18ClN3O/c23-18-10-6-7-16(13-18)15-26-20-12-5-4-11-19(20)25-21(26)14-24-22(27)17-8-2-1-3-9-17/h1-13H,14-15H2,(H,24,27). The highest BCUT2D eigenvalue weighted by atomic mass is 35.5. The molecule has 4 aromatic rings. The van der Waals surface area contributed by atoms with Gasteiger partial charge in [0, 0.05) is 17.1 Å². The van der Waals surface area contributed by atoms with Crippen LogP contribution >= 0.6 is 11.6 Å². The highest BCUT2D eigenvalue weighted by Crippen LogP contribution is 2.19. The Hall–Kier alpha value is -3.11. The Kier molecular flexibility index (Phi) is 4.90. The summed E-state index contributed by atoms with van der Waals surface area (Å²) in [6.07, 6.45) is 0. The molecular weight excluding hydrogens is 358 g/mol. The second kappa shape index (κ2) is 7.64. The zero-order valence-electron chi connectivity index (χ0n) is 14.6. The average molecular weight is 376 g/mol. The number of nitrogens with zero attached hydrogens (tertiary/aromatic N) is 2. The van der Waals surface area contributed by atoms with Gasteiger partial charge in [0.1, 0.15) is 5.82 Å². The van der Waals surface area contributed by atoms with Crippen molar-refractivity contribution in [1.29, 1.82) is 0 Å². The molecule has 4 rings (SSSR count). The summed E-state index contributed by atoms with van der Waals surface area (Å²) in [5.74, 6) is 0.692. The molecule has 4 nitrogen and oxygen atoms in total. The Morgan fingerprint density at radius 2 is 1.74 bits per heavy atom. The van der Waals surface area contributed by atoms with Crippen LogP contribution in [0.4, 0.5) is 0 Å². The summed E-state index contributed by atoms with van der Waals surface area (Å²) in [5.41, 5.74) is 3.65. The third-order valence-electron chi connectivity index (χ3n) is 4.41. The Balaban J connectivity index is 1.63. The lowest BCUT2D eigenvalue weighted by atomic mass is 10.2. The summed E-state index contributed by atoms with van der Waals surface area (Å²) in [6, 6.07) is 24.9. The maximum Gasteiger partial charge on any atom is 0.251 e. The Labute approximate surface area is 162 Å². The van der Waals surface area contributed by atoms with Gasteiger partial charge in [0.25, 0.3) is 5.91 Å². The van der Waals surface area contributed by atoms with Gasteiger partial charge in [-0.2, -0.15) is 0 Å². The van der Waals surface area contributed by atoms with E-state index in [1.807, 2.05) is 66.7 Å². The van der Waals surface area contributed by atoms with Gasteiger partial charge in [0.15, 0.2) is 0 Å². The zero-order chi connectivity index (χ0) is 18.6. The predicted octanol–water partition coefficient (Wildman–Crippen LogP) is 4.67. The van der Waals surface area contributed by atoms with E-state index < -0.39 is 0 Å². The molecule has 1 N–H and O–H groups in total. The van der Waals surface area contributed by atoms with Gasteiger partial charge in [-0.15, -0.1) is 0 Å². The first-order valence-electron chi connectivity index (χ1n) is 8.72. The molecule has 0 atom stereocenters. The lowest BCUT2D eigenvalue weighted by Crippen LogP contribution is -2.24. The fourth-order valence-electron chi connectivity index (χ4n) is 3.11. The number of benzene rings is 3. The molecule has 0 aliphatic rings. The maximum atomic E-state index is 12.4. The highest BCUT2D eigenvalue weighted by Gasteiger charge is 2.13. The van der Waals surface area contributed by atoms with Crippen molar-refractivity contribution in [2.24, 2.45) is 0 Å². The second-order valence-electron chi connectivity index (χ2n) is 6.28. The molecule has 0 bridgehead atoms. The van der Waals surface area contributed by atoms with Crippen LogP contribution in [-0.4, -0.2) is 15.5 Å². The molecule has 0 radical (unpaired) electrons. The molecule has 5 heteroatoms. The molecule has 3 aromatic carbocycles. The van der Waals surface area contributed by atoms with E-state index in [1.165, 1.54) is 0 Å². The molecule has 1 amide bonds. The molecule has 0 saturated heterocycles.